The maximum Gasteiger partial charge on any atom is 0.257 e. The predicted molar refractivity (Wildman–Crippen MR) is 104 cm³/mol. The second kappa shape index (κ2) is 7.84. The topological polar surface area (TPSA) is 102 Å². The van der Waals surface area contributed by atoms with Crippen molar-refractivity contribution in [2.75, 3.05) is 19.4 Å². The zero-order valence-corrected chi connectivity index (χ0v) is 16.2. The number of para-hydroxylation sites is 1. The van der Waals surface area contributed by atoms with Crippen LogP contribution in [0.5, 0.6) is 5.75 Å². The van der Waals surface area contributed by atoms with E-state index in [2.05, 4.69) is 17.2 Å². The van der Waals surface area contributed by atoms with Gasteiger partial charge in [0, 0.05) is 14.1 Å². The van der Waals surface area contributed by atoms with Crippen molar-refractivity contribution in [3.8, 4) is 5.75 Å². The summed E-state index contributed by atoms with van der Waals surface area (Å²) in [5.74, 6) is -1.09. The lowest BCUT2D eigenvalue weighted by Crippen LogP contribution is -2.53. The molecule has 0 fully saturated rings. The molecular formula is C20H27N3O4. The van der Waals surface area contributed by atoms with Crippen molar-refractivity contribution >= 4 is 17.4 Å². The van der Waals surface area contributed by atoms with Gasteiger partial charge in [-0.05, 0) is 25.0 Å². The first-order valence-electron chi connectivity index (χ1n) is 8.90. The van der Waals surface area contributed by atoms with Crippen molar-refractivity contribution < 1.29 is 19.8 Å². The maximum atomic E-state index is 12.2. The van der Waals surface area contributed by atoms with E-state index < -0.39 is 17.4 Å². The SMILES string of the molecule is C=CC(CC)(CC)NC1=C(Nc2cccc(C(=O)N(C)C)c2O)C(=O)[C@H]1O. The summed E-state index contributed by atoms with van der Waals surface area (Å²) in [6.45, 7) is 7.82. The van der Waals surface area contributed by atoms with Crippen LogP contribution in [0.4, 0.5) is 5.69 Å². The molecule has 0 bridgehead atoms. The number of aliphatic hydroxyl groups is 1. The number of aromatic hydroxyl groups is 1. The molecule has 1 aromatic rings. The molecule has 0 aromatic heterocycles. The maximum absolute atomic E-state index is 12.2. The molecule has 0 spiro atoms. The molecule has 7 nitrogen and oxygen atoms in total. The van der Waals surface area contributed by atoms with Gasteiger partial charge in [0.1, 0.15) is 5.70 Å². The first-order chi connectivity index (χ1) is 12.7. The quantitative estimate of drug-likeness (QED) is 0.411. The molecule has 0 saturated heterocycles. The van der Waals surface area contributed by atoms with E-state index in [1.807, 2.05) is 13.8 Å². The third kappa shape index (κ3) is 3.68. The molecular weight excluding hydrogens is 346 g/mol. The van der Waals surface area contributed by atoms with E-state index in [-0.39, 0.29) is 28.6 Å². The lowest BCUT2D eigenvalue weighted by atomic mass is 9.87. The van der Waals surface area contributed by atoms with E-state index in [1.165, 1.54) is 11.0 Å². The van der Waals surface area contributed by atoms with Gasteiger partial charge in [-0.15, -0.1) is 6.58 Å². The van der Waals surface area contributed by atoms with Crippen LogP contribution < -0.4 is 10.6 Å². The highest BCUT2D eigenvalue weighted by Gasteiger charge is 2.41. The Balaban J connectivity index is 2.39. The number of hydrogen-bond acceptors (Lipinski definition) is 6. The van der Waals surface area contributed by atoms with Crippen LogP contribution in [0.2, 0.25) is 0 Å². The largest absolute Gasteiger partial charge is 0.505 e. The summed E-state index contributed by atoms with van der Waals surface area (Å²) in [7, 11) is 3.17. The van der Waals surface area contributed by atoms with Crippen molar-refractivity contribution in [1.29, 1.82) is 0 Å². The highest BCUT2D eigenvalue weighted by molar-refractivity contribution is 6.11. The summed E-state index contributed by atoms with van der Waals surface area (Å²) in [6, 6.07) is 4.67. The van der Waals surface area contributed by atoms with Gasteiger partial charge in [-0.25, -0.2) is 0 Å². The molecule has 1 amide bonds. The molecule has 0 saturated carbocycles. The molecule has 4 N–H and O–H groups in total. The van der Waals surface area contributed by atoms with E-state index in [4.69, 9.17) is 0 Å². The number of phenols is 1. The lowest BCUT2D eigenvalue weighted by Gasteiger charge is -2.38. The van der Waals surface area contributed by atoms with Gasteiger partial charge in [-0.3, -0.25) is 9.59 Å². The molecule has 1 atom stereocenters. The van der Waals surface area contributed by atoms with Crippen molar-refractivity contribution in [2.45, 2.75) is 38.3 Å². The number of phenolic OH excluding ortho intramolecular Hbond substituents is 1. The third-order valence-electron chi connectivity index (χ3n) is 5.01. The van der Waals surface area contributed by atoms with E-state index in [1.54, 1.807) is 32.3 Å². The van der Waals surface area contributed by atoms with Crippen molar-refractivity contribution in [1.82, 2.24) is 10.2 Å². The number of amides is 1. The minimum absolute atomic E-state index is 0.120. The van der Waals surface area contributed by atoms with Gasteiger partial charge < -0.3 is 25.7 Å². The van der Waals surface area contributed by atoms with Crippen LogP contribution in [-0.2, 0) is 4.79 Å². The number of hydrogen-bond donors (Lipinski definition) is 4. The van der Waals surface area contributed by atoms with Crippen LogP contribution in [-0.4, -0.2) is 52.5 Å². The molecule has 1 aliphatic carbocycles. The van der Waals surface area contributed by atoms with Gasteiger partial charge in [-0.1, -0.05) is 26.0 Å². The number of nitrogens with one attached hydrogen (secondary N) is 2. The summed E-state index contributed by atoms with van der Waals surface area (Å²) in [6.07, 6.45) is 1.96. The minimum atomic E-state index is -1.25. The summed E-state index contributed by atoms with van der Waals surface area (Å²) in [5.41, 5.74) is 0.409. The first kappa shape index (κ1) is 20.5. The van der Waals surface area contributed by atoms with Crippen LogP contribution in [0.15, 0.2) is 42.2 Å². The first-order valence-corrected chi connectivity index (χ1v) is 8.90. The van der Waals surface area contributed by atoms with Crippen LogP contribution in [0.1, 0.15) is 37.0 Å². The number of carbonyl (C=O) groups is 2. The normalized spacial score (nSPS) is 16.6. The minimum Gasteiger partial charge on any atom is -0.505 e. The number of Topliss-reactive ketones (excluding diaryl/α,β-unsaturated/α-hetero) is 1. The van der Waals surface area contributed by atoms with E-state index in [0.29, 0.717) is 5.70 Å². The Hall–Kier alpha value is -2.80. The van der Waals surface area contributed by atoms with E-state index >= 15 is 0 Å². The summed E-state index contributed by atoms with van der Waals surface area (Å²) >= 11 is 0. The molecule has 0 aliphatic heterocycles. The molecule has 27 heavy (non-hydrogen) atoms. The summed E-state index contributed by atoms with van der Waals surface area (Å²) in [5, 5.41) is 26.6. The van der Waals surface area contributed by atoms with Crippen LogP contribution in [0, 0.1) is 0 Å². The van der Waals surface area contributed by atoms with Gasteiger partial charge in [-0.2, -0.15) is 0 Å². The second-order valence-corrected chi connectivity index (χ2v) is 6.77. The summed E-state index contributed by atoms with van der Waals surface area (Å²) in [4.78, 5) is 25.7. The molecule has 7 heteroatoms. The molecule has 1 aromatic carbocycles. The highest BCUT2D eigenvalue weighted by Crippen LogP contribution is 2.34. The van der Waals surface area contributed by atoms with Crippen LogP contribution >= 0.6 is 0 Å². The molecule has 0 heterocycles. The standard InChI is InChI=1S/C20H27N3O4/c1-6-20(7-2,8-3)22-15-14(17(25)18(15)26)21-13-11-9-10-12(16(13)24)19(27)23(4)5/h6,9-11,18,21-22,24,26H,1,7-8H2,2-5H3/t18-/m0/s1. The fourth-order valence-electron chi connectivity index (χ4n) is 2.95. The monoisotopic (exact) mass is 373 g/mol. The number of carbonyl (C=O) groups excluding carboxylic acids is 2. The second-order valence-electron chi connectivity index (χ2n) is 6.77. The fraction of sp³-hybridized carbons (Fsp3) is 0.400. The van der Waals surface area contributed by atoms with E-state index in [9.17, 15) is 19.8 Å². The Bertz CT molecular complexity index is 794. The summed E-state index contributed by atoms with van der Waals surface area (Å²) < 4.78 is 0. The number of aliphatic hydroxyl groups excluding tert-OH is 1. The Kier molecular flexibility index (Phi) is 5.95. The van der Waals surface area contributed by atoms with Crippen molar-refractivity contribution in [3.05, 3.63) is 47.8 Å². The third-order valence-corrected chi connectivity index (χ3v) is 5.01. The lowest BCUT2D eigenvalue weighted by molar-refractivity contribution is -0.124. The Morgan fingerprint density at radius 1 is 1.33 bits per heavy atom. The number of nitrogens with zero attached hydrogens (tertiary/aromatic N) is 1. The smallest absolute Gasteiger partial charge is 0.257 e. The van der Waals surface area contributed by atoms with Gasteiger partial charge in [0.2, 0.25) is 5.78 Å². The van der Waals surface area contributed by atoms with Crippen molar-refractivity contribution in [2.24, 2.45) is 0 Å². The Labute approximate surface area is 159 Å². The number of rotatable bonds is 8. The number of ketones is 1. The van der Waals surface area contributed by atoms with Crippen LogP contribution in [0.25, 0.3) is 0 Å². The molecule has 0 unspecified atom stereocenters. The average Bonchev–Trinajstić information content (AvgIpc) is 2.68. The average molecular weight is 373 g/mol. The fourth-order valence-corrected chi connectivity index (χ4v) is 2.95. The highest BCUT2D eigenvalue weighted by atomic mass is 16.3. The molecule has 2 rings (SSSR count). The molecule has 146 valence electrons. The van der Waals surface area contributed by atoms with Gasteiger partial charge in [0.05, 0.1) is 22.5 Å². The van der Waals surface area contributed by atoms with Gasteiger partial charge in [0.25, 0.3) is 5.91 Å². The zero-order chi connectivity index (χ0) is 20.4. The number of anilines is 1. The van der Waals surface area contributed by atoms with Gasteiger partial charge in [0.15, 0.2) is 11.9 Å². The Morgan fingerprint density at radius 3 is 2.48 bits per heavy atom. The van der Waals surface area contributed by atoms with Gasteiger partial charge >= 0.3 is 0 Å². The zero-order valence-electron chi connectivity index (χ0n) is 16.2. The van der Waals surface area contributed by atoms with Crippen LogP contribution in [0.3, 0.4) is 0 Å². The van der Waals surface area contributed by atoms with E-state index in [0.717, 1.165) is 12.8 Å². The Morgan fingerprint density at radius 2 is 1.96 bits per heavy atom. The van der Waals surface area contributed by atoms with Crippen molar-refractivity contribution in [3.63, 3.8) is 0 Å². The molecule has 0 radical (unpaired) electrons. The molecule has 1 aliphatic rings. The number of benzene rings is 1. The predicted octanol–water partition coefficient (Wildman–Crippen LogP) is 2.00.